The number of carbonyl (C=O) groups is 1. The van der Waals surface area contributed by atoms with Crippen LogP contribution < -0.4 is 5.32 Å². The van der Waals surface area contributed by atoms with Gasteiger partial charge in [-0.05, 0) is 43.6 Å². The smallest absolute Gasteiger partial charge is 0.315 e. The molecule has 2 saturated carbocycles. The lowest BCUT2D eigenvalue weighted by molar-refractivity contribution is -0.139. The van der Waals surface area contributed by atoms with Crippen molar-refractivity contribution in [3.63, 3.8) is 0 Å². The van der Waals surface area contributed by atoms with Crippen LogP contribution in [0.15, 0.2) is 24.7 Å². The molecular formula is C23H24N6O2S. The minimum absolute atomic E-state index is 0.363. The van der Waals surface area contributed by atoms with E-state index in [1.165, 1.54) is 11.3 Å². The van der Waals surface area contributed by atoms with Crippen LogP contribution in [-0.2, 0) is 10.2 Å². The average Bonchev–Trinajstić information content (AvgIpc) is 3.15. The lowest BCUT2D eigenvalue weighted by Crippen LogP contribution is -2.25. The fourth-order valence-corrected chi connectivity index (χ4v) is 6.75. The molecule has 32 heavy (non-hydrogen) atoms. The summed E-state index contributed by atoms with van der Waals surface area (Å²) in [7, 11) is 0. The largest absolute Gasteiger partial charge is 0.481 e. The zero-order valence-corrected chi connectivity index (χ0v) is 18.4. The summed E-state index contributed by atoms with van der Waals surface area (Å²) in [5.41, 5.74) is 2.04. The SMILES string of the molecule is N#CCN1C[C@H]2CC(Nc3c(-c4ncc(C5(C(=O)O)CC5)s4)cnc4[nH]ccc34)C[C@H]2C1. The van der Waals surface area contributed by atoms with Crippen LogP contribution >= 0.6 is 11.3 Å². The summed E-state index contributed by atoms with van der Waals surface area (Å²) in [4.78, 5) is 27.2. The van der Waals surface area contributed by atoms with Crippen LogP contribution in [-0.4, -0.2) is 56.6 Å². The van der Waals surface area contributed by atoms with Gasteiger partial charge in [0.15, 0.2) is 0 Å². The molecule has 3 aromatic heterocycles. The lowest BCUT2D eigenvalue weighted by Gasteiger charge is -2.20. The van der Waals surface area contributed by atoms with Crippen molar-refractivity contribution >= 4 is 34.0 Å². The van der Waals surface area contributed by atoms with E-state index in [1.54, 1.807) is 6.20 Å². The second kappa shape index (κ2) is 7.29. The van der Waals surface area contributed by atoms with Crippen LogP contribution in [0.2, 0.25) is 0 Å². The minimum atomic E-state index is -0.756. The summed E-state index contributed by atoms with van der Waals surface area (Å²) in [5, 5.41) is 24.3. The second-order valence-corrected chi connectivity index (χ2v) is 10.4. The number of hydrogen-bond donors (Lipinski definition) is 3. The van der Waals surface area contributed by atoms with Gasteiger partial charge in [0.25, 0.3) is 0 Å². The molecule has 3 aromatic rings. The topological polar surface area (TPSA) is 118 Å². The molecule has 0 amide bonds. The van der Waals surface area contributed by atoms with Crippen molar-refractivity contribution in [1.29, 1.82) is 5.26 Å². The first-order chi connectivity index (χ1) is 15.6. The van der Waals surface area contributed by atoms with Crippen LogP contribution in [0, 0.1) is 23.2 Å². The number of fused-ring (bicyclic) bond motifs is 2. The number of thiazole rings is 1. The predicted octanol–water partition coefficient (Wildman–Crippen LogP) is 3.45. The number of nitriles is 1. The molecule has 9 heteroatoms. The zero-order chi connectivity index (χ0) is 21.9. The first-order valence-electron chi connectivity index (χ1n) is 11.1. The van der Waals surface area contributed by atoms with Gasteiger partial charge in [-0.1, -0.05) is 0 Å². The predicted molar refractivity (Wildman–Crippen MR) is 121 cm³/mol. The Balaban J connectivity index is 1.30. The Bertz CT molecular complexity index is 1220. The van der Waals surface area contributed by atoms with Gasteiger partial charge in [0.2, 0.25) is 0 Å². The van der Waals surface area contributed by atoms with Crippen molar-refractivity contribution in [2.75, 3.05) is 25.0 Å². The third-order valence-corrected chi connectivity index (χ3v) is 8.66. The summed E-state index contributed by atoms with van der Waals surface area (Å²) in [6.45, 7) is 2.53. The Morgan fingerprint density at radius 2 is 2.09 bits per heavy atom. The molecule has 3 atom stereocenters. The Morgan fingerprint density at radius 3 is 2.78 bits per heavy atom. The van der Waals surface area contributed by atoms with Crippen LogP contribution in [0.3, 0.4) is 0 Å². The monoisotopic (exact) mass is 448 g/mol. The van der Waals surface area contributed by atoms with E-state index in [9.17, 15) is 9.90 Å². The van der Waals surface area contributed by atoms with Gasteiger partial charge in [-0.25, -0.2) is 9.97 Å². The Kier molecular flexibility index (Phi) is 4.49. The van der Waals surface area contributed by atoms with Crippen LogP contribution in [0.4, 0.5) is 5.69 Å². The molecule has 3 N–H and O–H groups in total. The molecule has 3 fully saturated rings. The number of H-pyrrole nitrogens is 1. The zero-order valence-electron chi connectivity index (χ0n) is 17.5. The Morgan fingerprint density at radius 1 is 1.31 bits per heavy atom. The lowest BCUT2D eigenvalue weighted by atomic mass is 10.0. The number of pyridine rings is 1. The molecule has 0 bridgehead atoms. The average molecular weight is 449 g/mol. The molecule has 2 aliphatic carbocycles. The standard InChI is InChI=1S/C23H24N6O2S/c24-4-6-29-11-13-7-15(8-14(13)12-29)28-19-16-1-5-25-20(16)26-9-17(19)21-27-10-18(32-21)23(2-3-23)22(30)31/h1,5,9-10,13-15H,2-3,6-8,11-12H2,(H,30,31)(H2,25,26,28)/t13-,14+,15?. The first-order valence-corrected chi connectivity index (χ1v) is 11.9. The van der Waals surface area contributed by atoms with Crippen LogP contribution in [0.1, 0.15) is 30.6 Å². The number of aromatic amines is 1. The molecule has 1 saturated heterocycles. The number of hydrogen-bond acceptors (Lipinski definition) is 7. The Labute approximate surface area is 189 Å². The Hall–Kier alpha value is -2.96. The summed E-state index contributed by atoms with van der Waals surface area (Å²) in [6.07, 6.45) is 9.00. The molecule has 164 valence electrons. The number of nitrogens with zero attached hydrogens (tertiary/aromatic N) is 4. The van der Waals surface area contributed by atoms with E-state index in [0.717, 1.165) is 58.1 Å². The highest BCUT2D eigenvalue weighted by Crippen LogP contribution is 2.52. The molecule has 6 rings (SSSR count). The van der Waals surface area contributed by atoms with Crippen molar-refractivity contribution in [2.24, 2.45) is 11.8 Å². The minimum Gasteiger partial charge on any atom is -0.481 e. The second-order valence-electron chi connectivity index (χ2n) is 9.39. The number of carboxylic acid groups (broad SMARTS) is 1. The summed E-state index contributed by atoms with van der Waals surface area (Å²) in [6, 6.07) is 4.67. The van der Waals surface area contributed by atoms with E-state index in [1.807, 2.05) is 18.5 Å². The van der Waals surface area contributed by atoms with Crippen molar-refractivity contribution in [3.8, 4) is 16.6 Å². The van der Waals surface area contributed by atoms with Gasteiger partial charge in [-0.3, -0.25) is 9.69 Å². The molecular weight excluding hydrogens is 424 g/mol. The summed E-state index contributed by atoms with van der Waals surface area (Å²) in [5.74, 6) is 0.502. The molecule has 0 aromatic carbocycles. The van der Waals surface area contributed by atoms with Gasteiger partial charge < -0.3 is 15.4 Å². The number of aromatic nitrogens is 3. The quantitative estimate of drug-likeness (QED) is 0.494. The maximum atomic E-state index is 11.8. The maximum Gasteiger partial charge on any atom is 0.315 e. The highest BCUT2D eigenvalue weighted by Gasteiger charge is 2.53. The highest BCUT2D eigenvalue weighted by molar-refractivity contribution is 7.15. The maximum absolute atomic E-state index is 11.8. The van der Waals surface area contributed by atoms with E-state index in [-0.39, 0.29) is 0 Å². The number of rotatable bonds is 6. The van der Waals surface area contributed by atoms with Crippen molar-refractivity contribution in [1.82, 2.24) is 19.9 Å². The molecule has 1 aliphatic heterocycles. The first kappa shape index (κ1) is 19.7. The van der Waals surface area contributed by atoms with Crippen LogP contribution in [0.5, 0.6) is 0 Å². The van der Waals surface area contributed by atoms with E-state index in [4.69, 9.17) is 5.26 Å². The summed E-state index contributed by atoms with van der Waals surface area (Å²) >= 11 is 1.47. The van der Waals surface area contributed by atoms with E-state index in [2.05, 4.69) is 31.2 Å². The van der Waals surface area contributed by atoms with Gasteiger partial charge in [0.05, 0.1) is 23.9 Å². The molecule has 0 spiro atoms. The highest BCUT2D eigenvalue weighted by atomic mass is 32.1. The van der Waals surface area contributed by atoms with E-state index < -0.39 is 11.4 Å². The molecule has 8 nitrogen and oxygen atoms in total. The number of carboxylic acids is 1. The number of likely N-dealkylation sites (tertiary alicyclic amines) is 1. The van der Waals surface area contributed by atoms with Gasteiger partial charge in [0, 0.05) is 48.0 Å². The van der Waals surface area contributed by atoms with Crippen LogP contribution in [0.25, 0.3) is 21.6 Å². The van der Waals surface area contributed by atoms with Crippen molar-refractivity contribution < 1.29 is 9.90 Å². The van der Waals surface area contributed by atoms with Gasteiger partial charge in [-0.15, -0.1) is 11.3 Å². The number of nitrogens with one attached hydrogen (secondary N) is 2. The molecule has 3 aliphatic rings. The van der Waals surface area contributed by atoms with E-state index in [0.29, 0.717) is 37.3 Å². The third kappa shape index (κ3) is 3.09. The molecule has 1 unspecified atom stereocenters. The van der Waals surface area contributed by atoms with Crippen molar-refractivity contribution in [3.05, 3.63) is 29.5 Å². The number of anilines is 1. The fourth-order valence-electron chi connectivity index (χ4n) is 5.58. The van der Waals surface area contributed by atoms with Gasteiger partial charge in [-0.2, -0.15) is 5.26 Å². The molecule has 0 radical (unpaired) electrons. The van der Waals surface area contributed by atoms with Gasteiger partial charge >= 0.3 is 5.97 Å². The summed E-state index contributed by atoms with van der Waals surface area (Å²) < 4.78 is 0. The number of aliphatic carboxylic acids is 1. The van der Waals surface area contributed by atoms with E-state index >= 15 is 0 Å². The van der Waals surface area contributed by atoms with Crippen molar-refractivity contribution in [2.45, 2.75) is 37.1 Å². The third-order valence-electron chi connectivity index (χ3n) is 7.42. The van der Waals surface area contributed by atoms with Gasteiger partial charge in [0.1, 0.15) is 16.1 Å². The normalized spacial score (nSPS) is 26.2. The molecule has 4 heterocycles. The fraction of sp³-hybridized carbons (Fsp3) is 0.478.